The summed E-state index contributed by atoms with van der Waals surface area (Å²) < 4.78 is 5.92. The highest BCUT2D eigenvalue weighted by Crippen LogP contribution is 2.44. The minimum atomic E-state index is -0.0559. The molecule has 2 aliphatic rings. The Labute approximate surface area is 142 Å². The lowest BCUT2D eigenvalue weighted by Crippen LogP contribution is -2.20. The normalized spacial score (nSPS) is 19.0. The van der Waals surface area contributed by atoms with Gasteiger partial charge in [-0.1, -0.05) is 30.3 Å². The van der Waals surface area contributed by atoms with Crippen molar-refractivity contribution < 1.29 is 9.53 Å². The summed E-state index contributed by atoms with van der Waals surface area (Å²) in [7, 11) is 0. The highest BCUT2D eigenvalue weighted by molar-refractivity contribution is 5.97. The molecule has 0 aliphatic carbocycles. The van der Waals surface area contributed by atoms with E-state index in [0.717, 1.165) is 41.8 Å². The standard InChI is InChI=1S/C21H21NO2/c1-13(23)20-14(2)24-19-8-4-3-7-17(19)21(20)16-9-10-18-15(12-16)6-5-11-22-18/h3-4,7-10,12,21-22H,5-6,11H2,1-2H3/t21-/m1/s1. The van der Waals surface area contributed by atoms with Crippen LogP contribution < -0.4 is 10.1 Å². The molecule has 0 aromatic heterocycles. The fourth-order valence-corrected chi connectivity index (χ4v) is 3.86. The van der Waals surface area contributed by atoms with Gasteiger partial charge in [0.1, 0.15) is 11.5 Å². The first-order chi connectivity index (χ1) is 11.6. The molecule has 1 atom stereocenters. The average molecular weight is 319 g/mol. The zero-order chi connectivity index (χ0) is 16.7. The Hall–Kier alpha value is -2.55. The van der Waals surface area contributed by atoms with Gasteiger partial charge in [0, 0.05) is 29.3 Å². The van der Waals surface area contributed by atoms with E-state index >= 15 is 0 Å². The molecule has 2 aromatic rings. The molecule has 2 aliphatic heterocycles. The van der Waals surface area contributed by atoms with Crippen LogP contribution in [0.3, 0.4) is 0 Å². The molecule has 0 spiro atoms. The first-order valence-electron chi connectivity index (χ1n) is 8.50. The van der Waals surface area contributed by atoms with E-state index in [1.165, 1.54) is 11.3 Å². The van der Waals surface area contributed by atoms with Crippen LogP contribution in [0.15, 0.2) is 53.8 Å². The number of ketones is 1. The molecule has 2 heterocycles. The largest absolute Gasteiger partial charge is 0.461 e. The Morgan fingerprint density at radius 1 is 1.21 bits per heavy atom. The summed E-state index contributed by atoms with van der Waals surface area (Å²) in [6.07, 6.45) is 2.23. The first-order valence-corrected chi connectivity index (χ1v) is 8.50. The summed E-state index contributed by atoms with van der Waals surface area (Å²) in [4.78, 5) is 12.3. The monoisotopic (exact) mass is 319 g/mol. The number of ether oxygens (including phenoxy) is 1. The number of Topliss-reactive ketones (excluding diaryl/α,β-unsaturated/α-hetero) is 1. The van der Waals surface area contributed by atoms with Gasteiger partial charge >= 0.3 is 0 Å². The summed E-state index contributed by atoms with van der Waals surface area (Å²) in [5.41, 5.74) is 5.55. The van der Waals surface area contributed by atoms with E-state index in [0.29, 0.717) is 5.76 Å². The molecule has 0 saturated heterocycles. The Bertz CT molecular complexity index is 851. The molecule has 0 fully saturated rings. The fourth-order valence-electron chi connectivity index (χ4n) is 3.86. The number of hydrogen-bond acceptors (Lipinski definition) is 3. The Morgan fingerprint density at radius 3 is 2.88 bits per heavy atom. The number of fused-ring (bicyclic) bond motifs is 2. The van der Waals surface area contributed by atoms with Crippen LogP contribution in [-0.4, -0.2) is 12.3 Å². The predicted molar refractivity (Wildman–Crippen MR) is 95.5 cm³/mol. The Kier molecular flexibility index (Phi) is 3.64. The van der Waals surface area contributed by atoms with Crippen molar-refractivity contribution in [1.82, 2.24) is 0 Å². The van der Waals surface area contributed by atoms with Crippen LogP contribution in [0.1, 0.15) is 42.9 Å². The van der Waals surface area contributed by atoms with Crippen molar-refractivity contribution >= 4 is 11.5 Å². The van der Waals surface area contributed by atoms with E-state index in [-0.39, 0.29) is 11.7 Å². The second-order valence-electron chi connectivity index (χ2n) is 6.55. The number of nitrogens with one attached hydrogen (secondary N) is 1. The number of anilines is 1. The smallest absolute Gasteiger partial charge is 0.160 e. The van der Waals surface area contributed by atoms with Crippen molar-refractivity contribution in [3.63, 3.8) is 0 Å². The van der Waals surface area contributed by atoms with E-state index in [2.05, 4.69) is 29.6 Å². The van der Waals surface area contributed by atoms with Gasteiger partial charge in [0.25, 0.3) is 0 Å². The highest BCUT2D eigenvalue weighted by atomic mass is 16.5. The number of para-hydroxylation sites is 1. The summed E-state index contributed by atoms with van der Waals surface area (Å²) >= 11 is 0. The summed E-state index contributed by atoms with van der Waals surface area (Å²) in [6.45, 7) is 4.55. The number of allylic oxidation sites excluding steroid dienone is 2. The summed E-state index contributed by atoms with van der Waals surface area (Å²) in [5, 5.41) is 3.45. The minimum absolute atomic E-state index is 0.0559. The minimum Gasteiger partial charge on any atom is -0.461 e. The van der Waals surface area contributed by atoms with Gasteiger partial charge in [-0.25, -0.2) is 0 Å². The SMILES string of the molecule is CC(=O)C1=C(C)Oc2ccccc2[C@H]1c1ccc2c(c1)CCCN2. The molecule has 24 heavy (non-hydrogen) atoms. The third-order valence-corrected chi connectivity index (χ3v) is 4.94. The Balaban J connectivity index is 1.89. The van der Waals surface area contributed by atoms with Crippen molar-refractivity contribution in [3.8, 4) is 5.75 Å². The maximum Gasteiger partial charge on any atom is 0.160 e. The lowest BCUT2D eigenvalue weighted by atomic mass is 9.80. The number of benzene rings is 2. The molecule has 122 valence electrons. The van der Waals surface area contributed by atoms with Gasteiger partial charge in [0.2, 0.25) is 0 Å². The number of hydrogen-bond donors (Lipinski definition) is 1. The van der Waals surface area contributed by atoms with E-state index in [4.69, 9.17) is 4.74 Å². The molecular weight excluding hydrogens is 298 g/mol. The molecule has 0 radical (unpaired) electrons. The lowest BCUT2D eigenvalue weighted by Gasteiger charge is -2.30. The van der Waals surface area contributed by atoms with Gasteiger partial charge in [-0.3, -0.25) is 4.79 Å². The van der Waals surface area contributed by atoms with Gasteiger partial charge in [-0.2, -0.15) is 0 Å². The van der Waals surface area contributed by atoms with Crippen LogP contribution in [0.5, 0.6) is 5.75 Å². The van der Waals surface area contributed by atoms with Gasteiger partial charge in [0.15, 0.2) is 5.78 Å². The summed E-state index contributed by atoms with van der Waals surface area (Å²) in [5.74, 6) is 1.57. The van der Waals surface area contributed by atoms with Crippen molar-refractivity contribution in [3.05, 3.63) is 70.5 Å². The molecule has 0 bridgehead atoms. The maximum atomic E-state index is 12.3. The van der Waals surface area contributed by atoms with Crippen molar-refractivity contribution in [2.24, 2.45) is 0 Å². The molecule has 0 unspecified atom stereocenters. The zero-order valence-electron chi connectivity index (χ0n) is 14.1. The third kappa shape index (κ3) is 2.41. The summed E-state index contributed by atoms with van der Waals surface area (Å²) in [6, 6.07) is 14.6. The van der Waals surface area contributed by atoms with Crippen molar-refractivity contribution in [1.29, 1.82) is 0 Å². The second-order valence-corrected chi connectivity index (χ2v) is 6.55. The molecule has 0 amide bonds. The van der Waals surface area contributed by atoms with Gasteiger partial charge in [-0.05, 0) is 49.9 Å². The maximum absolute atomic E-state index is 12.3. The third-order valence-electron chi connectivity index (χ3n) is 4.94. The van der Waals surface area contributed by atoms with E-state index in [1.807, 2.05) is 25.1 Å². The van der Waals surface area contributed by atoms with Crippen LogP contribution in [0, 0.1) is 0 Å². The van der Waals surface area contributed by atoms with Gasteiger partial charge in [-0.15, -0.1) is 0 Å². The van der Waals surface area contributed by atoms with Crippen LogP contribution in [0.25, 0.3) is 0 Å². The van der Waals surface area contributed by atoms with Crippen LogP contribution in [0.2, 0.25) is 0 Å². The number of aryl methyl sites for hydroxylation is 1. The number of carbonyl (C=O) groups excluding carboxylic acids is 1. The van der Waals surface area contributed by atoms with Crippen LogP contribution >= 0.6 is 0 Å². The fraction of sp³-hybridized carbons (Fsp3) is 0.286. The molecule has 1 N–H and O–H groups in total. The molecule has 3 nitrogen and oxygen atoms in total. The predicted octanol–water partition coefficient (Wildman–Crippen LogP) is 4.43. The average Bonchev–Trinajstić information content (AvgIpc) is 2.59. The highest BCUT2D eigenvalue weighted by Gasteiger charge is 2.32. The van der Waals surface area contributed by atoms with Crippen molar-refractivity contribution in [2.75, 3.05) is 11.9 Å². The van der Waals surface area contributed by atoms with Gasteiger partial charge in [0.05, 0.1) is 0 Å². The second kappa shape index (κ2) is 5.82. The molecule has 4 rings (SSSR count). The number of rotatable bonds is 2. The van der Waals surface area contributed by atoms with Crippen molar-refractivity contribution in [2.45, 2.75) is 32.6 Å². The lowest BCUT2D eigenvalue weighted by molar-refractivity contribution is -0.114. The molecule has 2 aromatic carbocycles. The Morgan fingerprint density at radius 2 is 2.04 bits per heavy atom. The van der Waals surface area contributed by atoms with Crippen LogP contribution in [-0.2, 0) is 11.2 Å². The molecule has 0 saturated carbocycles. The zero-order valence-corrected chi connectivity index (χ0v) is 14.1. The van der Waals surface area contributed by atoms with E-state index < -0.39 is 0 Å². The number of carbonyl (C=O) groups is 1. The van der Waals surface area contributed by atoms with E-state index in [1.54, 1.807) is 6.92 Å². The molecular formula is C21H21NO2. The molecule has 3 heteroatoms. The topological polar surface area (TPSA) is 38.3 Å². The van der Waals surface area contributed by atoms with E-state index in [9.17, 15) is 4.79 Å². The van der Waals surface area contributed by atoms with Crippen LogP contribution in [0.4, 0.5) is 5.69 Å². The van der Waals surface area contributed by atoms with Gasteiger partial charge < -0.3 is 10.1 Å². The first kappa shape index (κ1) is 15.0. The quantitative estimate of drug-likeness (QED) is 0.890.